The standard InChI is InChI=1S/C20H27N3O3S2/c1-14-18(20(24)23-11-6-5-7-12-23)19(15(2)22(14)3)28(25,26)21-16-9-8-10-17(13-16)27-4/h8-10,13,21H,5-7,11-12H2,1-4H3. The predicted octanol–water partition coefficient (Wildman–Crippen LogP) is 3.79. The molecule has 1 aliphatic heterocycles. The summed E-state index contributed by atoms with van der Waals surface area (Å²) in [6, 6.07) is 7.24. The van der Waals surface area contributed by atoms with E-state index in [4.69, 9.17) is 0 Å². The van der Waals surface area contributed by atoms with Gasteiger partial charge in [-0.05, 0) is 57.6 Å². The van der Waals surface area contributed by atoms with Crippen LogP contribution >= 0.6 is 11.8 Å². The third-order valence-electron chi connectivity index (χ3n) is 5.37. The minimum absolute atomic E-state index is 0.0811. The monoisotopic (exact) mass is 421 g/mol. The number of sulfonamides is 1. The molecule has 2 aromatic rings. The molecule has 152 valence electrons. The van der Waals surface area contributed by atoms with E-state index in [1.807, 2.05) is 18.4 Å². The van der Waals surface area contributed by atoms with E-state index in [2.05, 4.69) is 4.72 Å². The average Bonchev–Trinajstić information content (AvgIpc) is 2.92. The lowest BCUT2D eigenvalue weighted by atomic mass is 10.1. The van der Waals surface area contributed by atoms with E-state index in [1.54, 1.807) is 54.3 Å². The van der Waals surface area contributed by atoms with Gasteiger partial charge < -0.3 is 9.47 Å². The highest BCUT2D eigenvalue weighted by atomic mass is 32.2. The molecule has 1 aliphatic rings. The zero-order chi connectivity index (χ0) is 20.5. The molecule has 0 aliphatic carbocycles. The van der Waals surface area contributed by atoms with Gasteiger partial charge >= 0.3 is 0 Å². The van der Waals surface area contributed by atoms with Crippen LogP contribution < -0.4 is 4.72 Å². The lowest BCUT2D eigenvalue weighted by Crippen LogP contribution is -2.36. The van der Waals surface area contributed by atoms with Crippen LogP contribution in [0.1, 0.15) is 41.0 Å². The Morgan fingerprint density at radius 2 is 1.79 bits per heavy atom. The molecule has 1 fully saturated rings. The molecule has 0 radical (unpaired) electrons. The molecule has 1 amide bonds. The van der Waals surface area contributed by atoms with Gasteiger partial charge in [-0.2, -0.15) is 0 Å². The fourth-order valence-electron chi connectivity index (χ4n) is 3.65. The first-order chi connectivity index (χ1) is 13.3. The second-order valence-corrected chi connectivity index (χ2v) is 9.62. The lowest BCUT2D eigenvalue weighted by Gasteiger charge is -2.27. The second kappa shape index (κ2) is 8.21. The van der Waals surface area contributed by atoms with Gasteiger partial charge in [0.15, 0.2) is 0 Å². The summed E-state index contributed by atoms with van der Waals surface area (Å²) in [6.45, 7) is 4.90. The molecule has 6 nitrogen and oxygen atoms in total. The Labute approximate surface area is 171 Å². The Morgan fingerprint density at radius 3 is 2.43 bits per heavy atom. The Kier molecular flexibility index (Phi) is 6.09. The number of anilines is 1. The van der Waals surface area contributed by atoms with Crippen LogP contribution in [0.3, 0.4) is 0 Å². The number of rotatable bonds is 5. The molecule has 0 spiro atoms. The largest absolute Gasteiger partial charge is 0.350 e. The average molecular weight is 422 g/mol. The fourth-order valence-corrected chi connectivity index (χ4v) is 5.67. The summed E-state index contributed by atoms with van der Waals surface area (Å²) in [5, 5.41) is 0. The van der Waals surface area contributed by atoms with Crippen molar-refractivity contribution in [1.29, 1.82) is 0 Å². The number of hydrogen-bond acceptors (Lipinski definition) is 4. The highest BCUT2D eigenvalue weighted by Gasteiger charge is 2.33. The van der Waals surface area contributed by atoms with Crippen molar-refractivity contribution in [2.45, 2.75) is 42.9 Å². The lowest BCUT2D eigenvalue weighted by molar-refractivity contribution is 0.0720. The summed E-state index contributed by atoms with van der Waals surface area (Å²) in [5.74, 6) is -0.195. The van der Waals surface area contributed by atoms with Gasteiger partial charge in [0.25, 0.3) is 15.9 Å². The smallest absolute Gasteiger partial charge is 0.264 e. The molecule has 8 heteroatoms. The summed E-state index contributed by atoms with van der Waals surface area (Å²) in [5.41, 5.74) is 2.01. The molecule has 0 unspecified atom stereocenters. The van der Waals surface area contributed by atoms with Gasteiger partial charge in [0.05, 0.1) is 5.56 Å². The van der Waals surface area contributed by atoms with Crippen molar-refractivity contribution >= 4 is 33.4 Å². The van der Waals surface area contributed by atoms with Crippen LogP contribution in [0.5, 0.6) is 0 Å². The van der Waals surface area contributed by atoms with Gasteiger partial charge in [-0.25, -0.2) is 8.42 Å². The summed E-state index contributed by atoms with van der Waals surface area (Å²) in [6.07, 6.45) is 4.96. The normalized spacial score (nSPS) is 14.9. The highest BCUT2D eigenvalue weighted by molar-refractivity contribution is 7.98. The van der Waals surface area contributed by atoms with Gasteiger partial charge in [0, 0.05) is 42.1 Å². The third-order valence-corrected chi connectivity index (χ3v) is 7.64. The molecule has 1 N–H and O–H groups in total. The van der Waals surface area contributed by atoms with E-state index in [0.29, 0.717) is 30.2 Å². The minimum atomic E-state index is -3.91. The Bertz CT molecular complexity index is 990. The van der Waals surface area contributed by atoms with Crippen molar-refractivity contribution in [3.63, 3.8) is 0 Å². The van der Waals surface area contributed by atoms with Gasteiger partial charge in [-0.3, -0.25) is 9.52 Å². The number of carbonyl (C=O) groups is 1. The van der Waals surface area contributed by atoms with Gasteiger partial charge in [0.2, 0.25) is 0 Å². The number of benzene rings is 1. The van der Waals surface area contributed by atoms with Crippen molar-refractivity contribution in [3.8, 4) is 0 Å². The van der Waals surface area contributed by atoms with Crippen molar-refractivity contribution in [2.75, 3.05) is 24.1 Å². The second-order valence-electron chi connectivity index (χ2n) is 7.12. The van der Waals surface area contributed by atoms with Crippen LogP contribution in [-0.2, 0) is 17.1 Å². The maximum atomic E-state index is 13.3. The molecule has 1 aromatic heterocycles. The summed E-state index contributed by atoms with van der Waals surface area (Å²) >= 11 is 1.54. The molecule has 2 heterocycles. The van der Waals surface area contributed by atoms with E-state index in [1.165, 1.54) is 0 Å². The molecule has 0 saturated carbocycles. The van der Waals surface area contributed by atoms with Crippen LogP contribution in [0.4, 0.5) is 5.69 Å². The molecule has 28 heavy (non-hydrogen) atoms. The molecule has 1 saturated heterocycles. The van der Waals surface area contributed by atoms with E-state index < -0.39 is 10.0 Å². The number of hydrogen-bond donors (Lipinski definition) is 1. The maximum absolute atomic E-state index is 13.3. The fraction of sp³-hybridized carbons (Fsp3) is 0.450. The number of nitrogens with zero attached hydrogens (tertiary/aromatic N) is 2. The van der Waals surface area contributed by atoms with Crippen LogP contribution in [0.15, 0.2) is 34.1 Å². The molecule has 1 aromatic carbocycles. The quantitative estimate of drug-likeness (QED) is 0.746. The Morgan fingerprint density at radius 1 is 1.11 bits per heavy atom. The molecular weight excluding hydrogens is 394 g/mol. The number of piperidine rings is 1. The van der Waals surface area contributed by atoms with E-state index >= 15 is 0 Å². The highest BCUT2D eigenvalue weighted by Crippen LogP contribution is 2.30. The first-order valence-electron chi connectivity index (χ1n) is 9.38. The number of carbonyl (C=O) groups excluding carboxylic acids is 1. The summed E-state index contributed by atoms with van der Waals surface area (Å²) < 4.78 is 31.0. The van der Waals surface area contributed by atoms with Crippen LogP contribution in [0.2, 0.25) is 0 Å². The Balaban J connectivity index is 2.04. The van der Waals surface area contributed by atoms with E-state index in [0.717, 1.165) is 24.2 Å². The first kappa shape index (κ1) is 20.8. The number of amides is 1. The zero-order valence-electron chi connectivity index (χ0n) is 16.8. The minimum Gasteiger partial charge on any atom is -0.350 e. The van der Waals surface area contributed by atoms with Crippen molar-refractivity contribution < 1.29 is 13.2 Å². The number of thioether (sulfide) groups is 1. The summed E-state index contributed by atoms with van der Waals surface area (Å²) in [7, 11) is -2.12. The molecule has 0 bridgehead atoms. The molecule has 0 atom stereocenters. The molecule has 3 rings (SSSR count). The van der Waals surface area contributed by atoms with Crippen LogP contribution in [0.25, 0.3) is 0 Å². The topological polar surface area (TPSA) is 71.4 Å². The van der Waals surface area contributed by atoms with Gasteiger partial charge in [-0.15, -0.1) is 11.8 Å². The number of aromatic nitrogens is 1. The van der Waals surface area contributed by atoms with Gasteiger partial charge in [0.1, 0.15) is 4.90 Å². The van der Waals surface area contributed by atoms with E-state index in [-0.39, 0.29) is 16.4 Å². The van der Waals surface area contributed by atoms with Crippen molar-refractivity contribution in [2.24, 2.45) is 7.05 Å². The summed E-state index contributed by atoms with van der Waals surface area (Å²) in [4.78, 5) is 16.0. The van der Waals surface area contributed by atoms with Crippen LogP contribution in [-0.4, -0.2) is 43.1 Å². The zero-order valence-corrected chi connectivity index (χ0v) is 18.4. The third kappa shape index (κ3) is 3.93. The predicted molar refractivity (Wildman–Crippen MR) is 114 cm³/mol. The maximum Gasteiger partial charge on any atom is 0.264 e. The van der Waals surface area contributed by atoms with E-state index in [9.17, 15) is 13.2 Å². The first-order valence-corrected chi connectivity index (χ1v) is 12.1. The van der Waals surface area contributed by atoms with Crippen molar-refractivity contribution in [3.05, 3.63) is 41.2 Å². The van der Waals surface area contributed by atoms with Gasteiger partial charge in [-0.1, -0.05) is 6.07 Å². The van der Waals surface area contributed by atoms with Crippen molar-refractivity contribution in [1.82, 2.24) is 9.47 Å². The van der Waals surface area contributed by atoms with Crippen LogP contribution in [0, 0.1) is 13.8 Å². The number of nitrogens with one attached hydrogen (secondary N) is 1. The molecular formula is C20H27N3O3S2. The Hall–Kier alpha value is -1.93. The SMILES string of the molecule is CSc1cccc(NS(=O)(=O)c2c(C(=O)N3CCCCC3)c(C)n(C)c2C)c1. The number of likely N-dealkylation sites (tertiary alicyclic amines) is 1.